The maximum atomic E-state index is 2.26. The van der Waals surface area contributed by atoms with E-state index < -0.39 is 0 Å². The van der Waals surface area contributed by atoms with Crippen LogP contribution in [0.3, 0.4) is 0 Å². The first-order chi connectivity index (χ1) is 8.27. The summed E-state index contributed by atoms with van der Waals surface area (Å²) >= 11 is 0. The molecule has 17 heavy (non-hydrogen) atoms. The van der Waals surface area contributed by atoms with Gasteiger partial charge in [-0.25, -0.2) is 0 Å². The molecule has 0 amide bonds. The maximum absolute atomic E-state index is 2.26. The fourth-order valence-electron chi connectivity index (χ4n) is 2.68. The minimum absolute atomic E-state index is 1.08. The lowest BCUT2D eigenvalue weighted by molar-refractivity contribution is 1.24. The normalized spacial score (nSPS) is 12.8. The largest absolute Gasteiger partial charge is 0.0795 e. The topological polar surface area (TPSA) is 0 Å². The molecule has 0 N–H and O–H groups in total. The molecule has 0 radical (unpaired) electrons. The quantitative estimate of drug-likeness (QED) is 0.662. The van der Waals surface area contributed by atoms with Gasteiger partial charge in [0.2, 0.25) is 0 Å². The summed E-state index contributed by atoms with van der Waals surface area (Å²) in [5.74, 6) is 0. The number of benzene rings is 2. The highest BCUT2D eigenvalue weighted by Crippen LogP contribution is 2.32. The maximum Gasteiger partial charge on any atom is -0.00853 e. The molecular weight excluding hydrogens is 204 g/mol. The fraction of sp³-hybridized carbons (Fsp3) is 0.176. The van der Waals surface area contributed by atoms with Gasteiger partial charge < -0.3 is 0 Å². The van der Waals surface area contributed by atoms with E-state index in [-0.39, 0.29) is 0 Å². The van der Waals surface area contributed by atoms with Gasteiger partial charge in [0, 0.05) is 0 Å². The minimum atomic E-state index is 1.08. The van der Waals surface area contributed by atoms with E-state index in [1.807, 2.05) is 0 Å². The third-order valence-electron chi connectivity index (χ3n) is 3.69. The first kappa shape index (κ1) is 10.3. The summed E-state index contributed by atoms with van der Waals surface area (Å²) in [4.78, 5) is 0. The van der Waals surface area contributed by atoms with Gasteiger partial charge in [0.25, 0.3) is 0 Å². The highest BCUT2D eigenvalue weighted by molar-refractivity contribution is 5.76. The Bertz CT molecular complexity index is 603. The van der Waals surface area contributed by atoms with Gasteiger partial charge in [-0.1, -0.05) is 48.6 Å². The van der Waals surface area contributed by atoms with Crippen LogP contribution in [-0.4, -0.2) is 0 Å². The third-order valence-corrected chi connectivity index (χ3v) is 3.69. The van der Waals surface area contributed by atoms with E-state index in [9.17, 15) is 0 Å². The number of hydrogen-bond donors (Lipinski definition) is 0. The monoisotopic (exact) mass is 220 g/mol. The van der Waals surface area contributed by atoms with Crippen LogP contribution in [0.4, 0.5) is 0 Å². The molecule has 0 nitrogen and oxygen atoms in total. The van der Waals surface area contributed by atoms with Crippen molar-refractivity contribution in [3.8, 4) is 11.1 Å². The lowest BCUT2D eigenvalue weighted by Crippen LogP contribution is -1.93. The Morgan fingerprint density at radius 2 is 1.71 bits per heavy atom. The molecule has 1 aliphatic rings. The molecule has 1 aliphatic carbocycles. The molecule has 0 atom stereocenters. The van der Waals surface area contributed by atoms with Gasteiger partial charge in [-0.2, -0.15) is 0 Å². The van der Waals surface area contributed by atoms with E-state index in [4.69, 9.17) is 0 Å². The van der Waals surface area contributed by atoms with Crippen molar-refractivity contribution in [2.24, 2.45) is 0 Å². The van der Waals surface area contributed by atoms with Crippen LogP contribution >= 0.6 is 0 Å². The average molecular weight is 220 g/mol. The van der Waals surface area contributed by atoms with E-state index in [1.165, 1.54) is 33.4 Å². The van der Waals surface area contributed by atoms with Crippen LogP contribution in [0.1, 0.15) is 22.3 Å². The number of allylic oxidation sites excluding steroid dienone is 1. The van der Waals surface area contributed by atoms with Crippen LogP contribution in [0.5, 0.6) is 0 Å². The van der Waals surface area contributed by atoms with Gasteiger partial charge in [0.15, 0.2) is 0 Å². The van der Waals surface area contributed by atoms with E-state index >= 15 is 0 Å². The van der Waals surface area contributed by atoms with Crippen LogP contribution in [0.15, 0.2) is 42.5 Å². The van der Waals surface area contributed by atoms with Crippen molar-refractivity contribution in [2.75, 3.05) is 0 Å². The van der Waals surface area contributed by atoms with Crippen LogP contribution in [-0.2, 0) is 6.42 Å². The highest BCUT2D eigenvalue weighted by Gasteiger charge is 2.12. The van der Waals surface area contributed by atoms with Gasteiger partial charge in [-0.15, -0.1) is 0 Å². The van der Waals surface area contributed by atoms with Crippen molar-refractivity contribution in [3.63, 3.8) is 0 Å². The minimum Gasteiger partial charge on any atom is -0.0795 e. The molecule has 0 bridgehead atoms. The summed E-state index contributed by atoms with van der Waals surface area (Å²) in [6, 6.07) is 13.1. The zero-order valence-corrected chi connectivity index (χ0v) is 10.3. The van der Waals surface area contributed by atoms with E-state index in [0.29, 0.717) is 0 Å². The summed E-state index contributed by atoms with van der Waals surface area (Å²) < 4.78 is 0. The van der Waals surface area contributed by atoms with Gasteiger partial charge in [-0.3, -0.25) is 0 Å². The molecule has 0 spiro atoms. The van der Waals surface area contributed by atoms with Gasteiger partial charge in [-0.05, 0) is 53.6 Å². The Morgan fingerprint density at radius 3 is 2.53 bits per heavy atom. The van der Waals surface area contributed by atoms with E-state index in [2.05, 4.69) is 62.4 Å². The molecule has 2 aromatic carbocycles. The Labute approximate surface area is 103 Å². The number of aryl methyl sites for hydroxylation is 1. The van der Waals surface area contributed by atoms with Crippen LogP contribution < -0.4 is 0 Å². The van der Waals surface area contributed by atoms with E-state index in [1.54, 1.807) is 0 Å². The summed E-state index contributed by atoms with van der Waals surface area (Å²) in [5.41, 5.74) is 8.40. The second-order valence-electron chi connectivity index (χ2n) is 4.73. The summed E-state index contributed by atoms with van der Waals surface area (Å²) in [5, 5.41) is 0. The lowest BCUT2D eigenvalue weighted by atomic mass is 9.92. The van der Waals surface area contributed by atoms with Crippen LogP contribution in [0.25, 0.3) is 17.2 Å². The van der Waals surface area contributed by atoms with Gasteiger partial charge >= 0.3 is 0 Å². The summed E-state index contributed by atoms with van der Waals surface area (Å²) in [6.07, 6.45) is 5.56. The summed E-state index contributed by atoms with van der Waals surface area (Å²) in [6.45, 7) is 4.42. The zero-order valence-electron chi connectivity index (χ0n) is 10.3. The molecule has 0 aromatic heterocycles. The van der Waals surface area contributed by atoms with Crippen molar-refractivity contribution in [3.05, 3.63) is 64.7 Å². The predicted molar refractivity (Wildman–Crippen MR) is 74.1 cm³/mol. The van der Waals surface area contributed by atoms with Gasteiger partial charge in [0.05, 0.1) is 0 Å². The molecule has 0 unspecified atom stereocenters. The zero-order chi connectivity index (χ0) is 11.8. The number of fused-ring (bicyclic) bond motifs is 1. The SMILES string of the molecule is Cc1ccccc1-c1ccc2c(c1C)CC=C2. The molecule has 0 saturated carbocycles. The first-order valence-corrected chi connectivity index (χ1v) is 6.12. The Kier molecular flexibility index (Phi) is 2.36. The molecule has 0 saturated heterocycles. The molecule has 2 aromatic rings. The van der Waals surface area contributed by atoms with Crippen molar-refractivity contribution < 1.29 is 0 Å². The van der Waals surface area contributed by atoms with Crippen molar-refractivity contribution in [2.45, 2.75) is 20.3 Å². The van der Waals surface area contributed by atoms with Crippen LogP contribution in [0.2, 0.25) is 0 Å². The lowest BCUT2D eigenvalue weighted by Gasteiger charge is -2.13. The van der Waals surface area contributed by atoms with Crippen molar-refractivity contribution >= 4 is 6.08 Å². The standard InChI is InChI=1S/C17H16/c1-12-6-3-4-8-15(12)17-11-10-14-7-5-9-16(14)13(17)2/h3-8,10-11H,9H2,1-2H3. The second kappa shape index (κ2) is 3.89. The Balaban J connectivity index is 2.21. The average Bonchev–Trinajstić information content (AvgIpc) is 2.80. The van der Waals surface area contributed by atoms with Crippen molar-refractivity contribution in [1.82, 2.24) is 0 Å². The molecule has 0 heterocycles. The van der Waals surface area contributed by atoms with Gasteiger partial charge in [0.1, 0.15) is 0 Å². The fourth-order valence-corrected chi connectivity index (χ4v) is 2.68. The molecule has 84 valence electrons. The molecule has 0 heteroatoms. The molecule has 0 fully saturated rings. The third kappa shape index (κ3) is 1.61. The molecule has 3 rings (SSSR count). The smallest absolute Gasteiger partial charge is 0.00853 e. The summed E-state index contributed by atoms with van der Waals surface area (Å²) in [7, 11) is 0. The highest BCUT2D eigenvalue weighted by atomic mass is 14.2. The number of hydrogen-bond acceptors (Lipinski definition) is 0. The molecule has 0 aliphatic heterocycles. The van der Waals surface area contributed by atoms with Crippen LogP contribution in [0, 0.1) is 13.8 Å². The second-order valence-corrected chi connectivity index (χ2v) is 4.73. The predicted octanol–water partition coefficient (Wildman–Crippen LogP) is 4.54. The Morgan fingerprint density at radius 1 is 0.882 bits per heavy atom. The number of rotatable bonds is 1. The van der Waals surface area contributed by atoms with Crippen molar-refractivity contribution in [1.29, 1.82) is 0 Å². The first-order valence-electron chi connectivity index (χ1n) is 6.12. The Hall–Kier alpha value is -1.82. The van der Waals surface area contributed by atoms with E-state index in [0.717, 1.165) is 6.42 Å². The molecular formula is C17H16.